The Morgan fingerprint density at radius 1 is 1.17 bits per heavy atom. The zero-order chi connectivity index (χ0) is 17.5. The van der Waals surface area contributed by atoms with Gasteiger partial charge in [0.25, 0.3) is 0 Å². The van der Waals surface area contributed by atoms with Gasteiger partial charge in [0.2, 0.25) is 5.91 Å². The molecule has 0 aliphatic carbocycles. The number of halogens is 1. The van der Waals surface area contributed by atoms with Crippen molar-refractivity contribution in [3.8, 4) is 11.5 Å². The zero-order valence-electron chi connectivity index (χ0n) is 14.0. The predicted octanol–water partition coefficient (Wildman–Crippen LogP) is 4.11. The minimum atomic E-state index is -0.184. The third-order valence-corrected chi connectivity index (χ3v) is 3.79. The van der Waals surface area contributed by atoms with Gasteiger partial charge in [0.1, 0.15) is 11.5 Å². The summed E-state index contributed by atoms with van der Waals surface area (Å²) in [5.74, 6) is 1.05. The highest BCUT2D eigenvalue weighted by atomic mass is 35.5. The van der Waals surface area contributed by atoms with E-state index in [2.05, 4.69) is 10.6 Å². The van der Waals surface area contributed by atoms with Gasteiger partial charge in [0, 0.05) is 11.1 Å². The molecule has 2 aromatic rings. The third-order valence-electron chi connectivity index (χ3n) is 3.38. The molecule has 0 aliphatic heterocycles. The number of hydrogen-bond donors (Lipinski definition) is 2. The molecule has 128 valence electrons. The average Bonchev–Trinajstić information content (AvgIpc) is 2.57. The molecule has 0 aromatic heterocycles. The summed E-state index contributed by atoms with van der Waals surface area (Å²) >= 11 is 6.08. The van der Waals surface area contributed by atoms with Gasteiger partial charge in [-0.25, -0.2) is 0 Å². The summed E-state index contributed by atoms with van der Waals surface area (Å²) < 4.78 is 10.8. The van der Waals surface area contributed by atoms with Crippen molar-refractivity contribution in [2.45, 2.75) is 13.8 Å². The molecule has 0 heterocycles. The lowest BCUT2D eigenvalue weighted by atomic mass is 10.2. The van der Waals surface area contributed by atoms with Crippen LogP contribution in [-0.2, 0) is 4.79 Å². The van der Waals surface area contributed by atoms with Crippen molar-refractivity contribution in [1.82, 2.24) is 0 Å². The molecule has 1 amide bonds. The summed E-state index contributed by atoms with van der Waals surface area (Å²) in [4.78, 5) is 12.2. The minimum Gasteiger partial charge on any atom is -0.495 e. The van der Waals surface area contributed by atoms with Crippen LogP contribution in [0.25, 0.3) is 0 Å². The molecular weight excluding hydrogens is 328 g/mol. The molecule has 0 radical (unpaired) electrons. The number of carbonyl (C=O) groups excluding carboxylic acids is 1. The van der Waals surface area contributed by atoms with E-state index in [-0.39, 0.29) is 12.5 Å². The maximum absolute atomic E-state index is 12.2. The number of carbonyl (C=O) groups is 1. The van der Waals surface area contributed by atoms with E-state index < -0.39 is 0 Å². The first-order valence-corrected chi connectivity index (χ1v) is 8.02. The lowest BCUT2D eigenvalue weighted by Crippen LogP contribution is -2.22. The summed E-state index contributed by atoms with van der Waals surface area (Å²) in [5, 5.41) is 6.52. The molecule has 2 rings (SSSR count). The SMILES string of the molecule is CCOc1ccccc1NC(=O)CNc1cc(C)c(Cl)cc1OC. The number of anilines is 2. The first-order chi connectivity index (χ1) is 11.5. The molecule has 0 unspecified atom stereocenters. The second-order valence-corrected chi connectivity index (χ2v) is 5.54. The van der Waals surface area contributed by atoms with Crippen LogP contribution in [0.3, 0.4) is 0 Å². The van der Waals surface area contributed by atoms with Gasteiger partial charge in [-0.3, -0.25) is 4.79 Å². The van der Waals surface area contributed by atoms with Crippen LogP contribution in [0, 0.1) is 6.92 Å². The summed E-state index contributed by atoms with van der Waals surface area (Å²) in [5.41, 5.74) is 2.26. The molecule has 0 saturated carbocycles. The van der Waals surface area contributed by atoms with Crippen LogP contribution >= 0.6 is 11.6 Å². The number of para-hydroxylation sites is 2. The Bertz CT molecular complexity index is 719. The molecule has 0 bridgehead atoms. The van der Waals surface area contributed by atoms with Gasteiger partial charge in [-0.1, -0.05) is 23.7 Å². The predicted molar refractivity (Wildman–Crippen MR) is 97.5 cm³/mol. The van der Waals surface area contributed by atoms with E-state index in [1.54, 1.807) is 19.2 Å². The molecule has 2 aromatic carbocycles. The Hall–Kier alpha value is -2.40. The molecule has 5 nitrogen and oxygen atoms in total. The second kappa shape index (κ2) is 8.45. The van der Waals surface area contributed by atoms with Crippen LogP contribution in [-0.4, -0.2) is 26.2 Å². The van der Waals surface area contributed by atoms with E-state index in [1.807, 2.05) is 38.1 Å². The molecule has 6 heteroatoms. The van der Waals surface area contributed by atoms with Crippen LogP contribution < -0.4 is 20.1 Å². The van der Waals surface area contributed by atoms with E-state index in [9.17, 15) is 4.79 Å². The van der Waals surface area contributed by atoms with E-state index in [4.69, 9.17) is 21.1 Å². The fraction of sp³-hybridized carbons (Fsp3) is 0.278. The number of rotatable bonds is 7. The lowest BCUT2D eigenvalue weighted by Gasteiger charge is -2.14. The van der Waals surface area contributed by atoms with Crippen LogP contribution in [0.15, 0.2) is 36.4 Å². The third kappa shape index (κ3) is 4.55. The molecule has 0 atom stereocenters. The molecule has 2 N–H and O–H groups in total. The van der Waals surface area contributed by atoms with Gasteiger partial charge in [-0.15, -0.1) is 0 Å². The van der Waals surface area contributed by atoms with Crippen molar-refractivity contribution >= 4 is 28.9 Å². The number of benzene rings is 2. The number of methoxy groups -OCH3 is 1. The molecule has 24 heavy (non-hydrogen) atoms. The van der Waals surface area contributed by atoms with Gasteiger partial charge in [-0.2, -0.15) is 0 Å². The Morgan fingerprint density at radius 2 is 1.92 bits per heavy atom. The van der Waals surface area contributed by atoms with Gasteiger partial charge < -0.3 is 20.1 Å². The highest BCUT2D eigenvalue weighted by molar-refractivity contribution is 6.31. The Kier molecular flexibility index (Phi) is 6.32. The Labute approximate surface area is 146 Å². The van der Waals surface area contributed by atoms with E-state index in [1.165, 1.54) is 0 Å². The maximum Gasteiger partial charge on any atom is 0.243 e. The monoisotopic (exact) mass is 348 g/mol. The van der Waals surface area contributed by atoms with Crippen LogP contribution in [0.1, 0.15) is 12.5 Å². The normalized spacial score (nSPS) is 10.2. The summed E-state index contributed by atoms with van der Waals surface area (Å²) in [6, 6.07) is 10.9. The topological polar surface area (TPSA) is 59.6 Å². The summed E-state index contributed by atoms with van der Waals surface area (Å²) in [6.45, 7) is 4.42. The van der Waals surface area contributed by atoms with Crippen LogP contribution in [0.4, 0.5) is 11.4 Å². The van der Waals surface area contributed by atoms with Gasteiger partial charge >= 0.3 is 0 Å². The smallest absolute Gasteiger partial charge is 0.243 e. The fourth-order valence-electron chi connectivity index (χ4n) is 2.19. The zero-order valence-corrected chi connectivity index (χ0v) is 14.7. The standard InChI is InChI=1S/C18H21ClN2O3/c1-4-24-16-8-6-5-7-14(16)21-18(22)11-20-15-9-12(2)13(19)10-17(15)23-3/h5-10,20H,4,11H2,1-3H3,(H,21,22). The first-order valence-electron chi connectivity index (χ1n) is 7.64. The summed E-state index contributed by atoms with van der Waals surface area (Å²) in [6.07, 6.45) is 0. The number of hydrogen-bond acceptors (Lipinski definition) is 4. The van der Waals surface area contributed by atoms with Crippen molar-refractivity contribution in [2.75, 3.05) is 30.9 Å². The minimum absolute atomic E-state index is 0.0951. The van der Waals surface area contributed by atoms with E-state index >= 15 is 0 Å². The van der Waals surface area contributed by atoms with E-state index in [0.717, 1.165) is 5.56 Å². The molecule has 0 saturated heterocycles. The number of ether oxygens (including phenoxy) is 2. The number of aryl methyl sites for hydroxylation is 1. The van der Waals surface area contributed by atoms with Gasteiger partial charge in [-0.05, 0) is 37.6 Å². The molecule has 0 fully saturated rings. The van der Waals surface area contributed by atoms with Crippen LogP contribution in [0.5, 0.6) is 11.5 Å². The van der Waals surface area contributed by atoms with Crippen molar-refractivity contribution in [2.24, 2.45) is 0 Å². The Balaban J connectivity index is 2.03. The molecule has 0 aliphatic rings. The second-order valence-electron chi connectivity index (χ2n) is 5.13. The van der Waals surface area contributed by atoms with Crippen molar-refractivity contribution in [3.63, 3.8) is 0 Å². The van der Waals surface area contributed by atoms with Crippen LogP contribution in [0.2, 0.25) is 5.02 Å². The van der Waals surface area contributed by atoms with Crippen molar-refractivity contribution < 1.29 is 14.3 Å². The van der Waals surface area contributed by atoms with Gasteiger partial charge in [0.15, 0.2) is 0 Å². The number of nitrogens with one attached hydrogen (secondary N) is 2. The lowest BCUT2D eigenvalue weighted by molar-refractivity contribution is -0.114. The maximum atomic E-state index is 12.2. The first kappa shape index (κ1) is 17.9. The summed E-state index contributed by atoms with van der Waals surface area (Å²) in [7, 11) is 1.56. The fourth-order valence-corrected chi connectivity index (χ4v) is 2.35. The largest absolute Gasteiger partial charge is 0.495 e. The highest BCUT2D eigenvalue weighted by Gasteiger charge is 2.10. The Morgan fingerprint density at radius 3 is 2.62 bits per heavy atom. The number of amides is 1. The van der Waals surface area contributed by atoms with Crippen molar-refractivity contribution in [3.05, 3.63) is 47.0 Å². The highest BCUT2D eigenvalue weighted by Crippen LogP contribution is 2.31. The van der Waals surface area contributed by atoms with Crippen molar-refractivity contribution in [1.29, 1.82) is 0 Å². The molecular formula is C18H21ClN2O3. The quantitative estimate of drug-likeness (QED) is 0.790. The average molecular weight is 349 g/mol. The van der Waals surface area contributed by atoms with Gasteiger partial charge in [0.05, 0.1) is 31.6 Å². The van der Waals surface area contributed by atoms with E-state index in [0.29, 0.717) is 34.5 Å². The molecule has 0 spiro atoms.